The number of fused-ring (bicyclic) bond motifs is 1. The van der Waals surface area contributed by atoms with Gasteiger partial charge in [-0.1, -0.05) is 13.8 Å². The zero-order valence-electron chi connectivity index (χ0n) is 17.0. The summed E-state index contributed by atoms with van der Waals surface area (Å²) in [4.78, 5) is 64.6. The van der Waals surface area contributed by atoms with Crippen LogP contribution in [0, 0.1) is 16.0 Å². The fourth-order valence-electron chi connectivity index (χ4n) is 3.84. The average Bonchev–Trinajstić information content (AvgIpc) is 2.98. The van der Waals surface area contributed by atoms with Gasteiger partial charge in [0, 0.05) is 44.2 Å². The Morgan fingerprint density at radius 1 is 1.00 bits per heavy atom. The fraction of sp³-hybridized carbons (Fsp3) is 0.500. The number of amides is 4. The Balaban J connectivity index is 1.62. The predicted octanol–water partition coefficient (Wildman–Crippen LogP) is 1.30. The van der Waals surface area contributed by atoms with E-state index in [4.69, 9.17) is 0 Å². The average molecular weight is 416 g/mol. The van der Waals surface area contributed by atoms with Gasteiger partial charge >= 0.3 is 0 Å². The van der Waals surface area contributed by atoms with Gasteiger partial charge in [0.1, 0.15) is 6.54 Å². The predicted molar refractivity (Wildman–Crippen MR) is 106 cm³/mol. The molecule has 0 atom stereocenters. The lowest BCUT2D eigenvalue weighted by atomic mass is 10.0. The van der Waals surface area contributed by atoms with Crippen molar-refractivity contribution in [1.29, 1.82) is 0 Å². The van der Waals surface area contributed by atoms with E-state index in [1.54, 1.807) is 4.90 Å². The molecule has 0 aromatic heterocycles. The van der Waals surface area contributed by atoms with E-state index in [0.717, 1.165) is 29.9 Å². The van der Waals surface area contributed by atoms with Crippen LogP contribution in [0.3, 0.4) is 0 Å². The van der Waals surface area contributed by atoms with Gasteiger partial charge in [-0.15, -0.1) is 0 Å². The van der Waals surface area contributed by atoms with Crippen molar-refractivity contribution in [2.75, 3.05) is 32.7 Å². The summed E-state index contributed by atoms with van der Waals surface area (Å²) in [7, 11) is 0. The number of nitrogens with zero attached hydrogens (tertiary/aromatic N) is 4. The molecule has 1 saturated heterocycles. The van der Waals surface area contributed by atoms with Crippen molar-refractivity contribution in [2.24, 2.45) is 5.92 Å². The molecule has 10 heteroatoms. The Labute approximate surface area is 173 Å². The zero-order chi connectivity index (χ0) is 22.0. The van der Waals surface area contributed by atoms with E-state index in [0.29, 0.717) is 26.2 Å². The molecule has 0 saturated carbocycles. The van der Waals surface area contributed by atoms with Gasteiger partial charge in [0.05, 0.1) is 16.1 Å². The Morgan fingerprint density at radius 3 is 2.13 bits per heavy atom. The van der Waals surface area contributed by atoms with Gasteiger partial charge in [-0.25, -0.2) is 0 Å². The lowest BCUT2D eigenvalue weighted by molar-refractivity contribution is -0.384. The van der Waals surface area contributed by atoms with E-state index >= 15 is 0 Å². The van der Waals surface area contributed by atoms with Gasteiger partial charge in [-0.3, -0.25) is 34.2 Å². The molecular weight excluding hydrogens is 392 g/mol. The summed E-state index contributed by atoms with van der Waals surface area (Å²) in [6.45, 7) is 5.01. The highest BCUT2D eigenvalue weighted by Gasteiger charge is 2.39. The lowest BCUT2D eigenvalue weighted by Gasteiger charge is -2.36. The standard InChI is InChI=1S/C20H24N4O6/c1-3-13(4-2)18(26)22-9-7-21(8-10-22)17(25)12-23-19(27)15-6-5-14(24(29)30)11-16(15)20(23)28/h5-6,11,13H,3-4,7-10,12H2,1-2H3. The fourth-order valence-corrected chi connectivity index (χ4v) is 3.84. The highest BCUT2D eigenvalue weighted by atomic mass is 16.6. The number of carbonyl (C=O) groups excluding carboxylic acids is 4. The van der Waals surface area contributed by atoms with Crippen LogP contribution in [-0.4, -0.2) is 76.0 Å². The Kier molecular flexibility index (Phi) is 6.14. The summed E-state index contributed by atoms with van der Waals surface area (Å²) in [6, 6.07) is 3.45. The first-order valence-corrected chi connectivity index (χ1v) is 9.99. The number of hydrogen-bond donors (Lipinski definition) is 0. The van der Waals surface area contributed by atoms with Crippen molar-refractivity contribution in [3.05, 3.63) is 39.4 Å². The van der Waals surface area contributed by atoms with Gasteiger partial charge in [0.25, 0.3) is 17.5 Å². The van der Waals surface area contributed by atoms with E-state index < -0.39 is 29.2 Å². The molecule has 0 aliphatic carbocycles. The molecule has 0 N–H and O–H groups in total. The number of benzene rings is 1. The van der Waals surface area contributed by atoms with Crippen LogP contribution in [0.2, 0.25) is 0 Å². The largest absolute Gasteiger partial charge is 0.339 e. The molecule has 0 spiro atoms. The summed E-state index contributed by atoms with van der Waals surface area (Å²) in [5, 5.41) is 10.9. The third kappa shape index (κ3) is 3.89. The number of nitro groups is 1. The van der Waals surface area contributed by atoms with Crippen molar-refractivity contribution in [2.45, 2.75) is 26.7 Å². The maximum atomic E-state index is 12.7. The molecule has 10 nitrogen and oxygen atoms in total. The number of carbonyl (C=O) groups is 4. The quantitative estimate of drug-likeness (QED) is 0.391. The minimum Gasteiger partial charge on any atom is -0.339 e. The molecule has 2 heterocycles. The normalized spacial score (nSPS) is 16.3. The van der Waals surface area contributed by atoms with E-state index in [9.17, 15) is 29.3 Å². The molecule has 4 amide bonds. The maximum Gasteiger partial charge on any atom is 0.270 e. The van der Waals surface area contributed by atoms with Crippen LogP contribution in [-0.2, 0) is 9.59 Å². The summed E-state index contributed by atoms with van der Waals surface area (Å²) in [6.07, 6.45) is 1.54. The molecule has 0 unspecified atom stereocenters. The molecule has 3 rings (SSSR count). The van der Waals surface area contributed by atoms with Gasteiger partial charge in [-0.05, 0) is 18.9 Å². The minimum atomic E-state index is -0.713. The first-order chi connectivity index (χ1) is 14.3. The summed E-state index contributed by atoms with van der Waals surface area (Å²) in [5.74, 6) is -1.67. The molecule has 2 aliphatic rings. The van der Waals surface area contributed by atoms with Gasteiger partial charge in [-0.2, -0.15) is 0 Å². The molecule has 1 aromatic carbocycles. The highest BCUT2D eigenvalue weighted by Crippen LogP contribution is 2.27. The van der Waals surface area contributed by atoms with E-state index in [-0.39, 0.29) is 28.6 Å². The second-order valence-corrected chi connectivity index (χ2v) is 7.40. The molecule has 0 bridgehead atoms. The topological polar surface area (TPSA) is 121 Å². The molecule has 160 valence electrons. The molecule has 2 aliphatic heterocycles. The van der Waals surface area contributed by atoms with Gasteiger partial charge in [0.2, 0.25) is 11.8 Å². The SMILES string of the molecule is CCC(CC)C(=O)N1CCN(C(=O)CN2C(=O)c3ccc([N+](=O)[O-])cc3C2=O)CC1. The van der Waals surface area contributed by atoms with Crippen LogP contribution < -0.4 is 0 Å². The van der Waals surface area contributed by atoms with E-state index in [2.05, 4.69) is 0 Å². The minimum absolute atomic E-state index is 0.0188. The number of nitro benzene ring substituents is 1. The highest BCUT2D eigenvalue weighted by molar-refractivity contribution is 6.22. The maximum absolute atomic E-state index is 12.7. The number of piperazine rings is 1. The monoisotopic (exact) mass is 416 g/mol. The van der Waals surface area contributed by atoms with Crippen molar-refractivity contribution in [3.63, 3.8) is 0 Å². The summed E-state index contributed by atoms with van der Waals surface area (Å²) >= 11 is 0. The Bertz CT molecular complexity index is 903. The number of non-ortho nitro benzene ring substituents is 1. The Morgan fingerprint density at radius 2 is 1.57 bits per heavy atom. The second-order valence-electron chi connectivity index (χ2n) is 7.40. The lowest BCUT2D eigenvalue weighted by Crippen LogP contribution is -2.54. The van der Waals surface area contributed by atoms with E-state index in [1.165, 1.54) is 11.0 Å². The molecule has 30 heavy (non-hydrogen) atoms. The third-order valence-corrected chi connectivity index (χ3v) is 5.74. The smallest absolute Gasteiger partial charge is 0.270 e. The zero-order valence-corrected chi connectivity index (χ0v) is 17.0. The first-order valence-electron chi connectivity index (χ1n) is 9.99. The van der Waals surface area contributed by atoms with Crippen LogP contribution in [0.1, 0.15) is 47.4 Å². The van der Waals surface area contributed by atoms with Crippen LogP contribution in [0.4, 0.5) is 5.69 Å². The molecule has 1 aromatic rings. The van der Waals surface area contributed by atoms with Crippen molar-refractivity contribution in [3.8, 4) is 0 Å². The summed E-state index contributed by atoms with van der Waals surface area (Å²) < 4.78 is 0. The summed E-state index contributed by atoms with van der Waals surface area (Å²) in [5.41, 5.74) is -0.303. The third-order valence-electron chi connectivity index (χ3n) is 5.74. The Hall–Kier alpha value is -3.30. The second kappa shape index (κ2) is 8.60. The van der Waals surface area contributed by atoms with Gasteiger partial charge < -0.3 is 9.80 Å². The molecule has 0 radical (unpaired) electrons. The molecular formula is C20H24N4O6. The molecule has 1 fully saturated rings. The van der Waals surface area contributed by atoms with E-state index in [1.807, 2.05) is 13.8 Å². The van der Waals surface area contributed by atoms with Gasteiger partial charge in [0.15, 0.2) is 0 Å². The number of imide groups is 1. The first kappa shape index (κ1) is 21.4. The van der Waals surface area contributed by atoms with Crippen LogP contribution in [0.5, 0.6) is 0 Å². The number of rotatable bonds is 6. The van der Waals surface area contributed by atoms with Crippen molar-refractivity contribution < 1.29 is 24.1 Å². The van der Waals surface area contributed by atoms with Crippen molar-refractivity contribution in [1.82, 2.24) is 14.7 Å². The van der Waals surface area contributed by atoms with Crippen LogP contribution >= 0.6 is 0 Å². The number of hydrogen-bond acceptors (Lipinski definition) is 6. The van der Waals surface area contributed by atoms with Crippen molar-refractivity contribution >= 4 is 29.3 Å². The van der Waals surface area contributed by atoms with Crippen LogP contribution in [0.25, 0.3) is 0 Å². The van der Waals surface area contributed by atoms with Crippen LogP contribution in [0.15, 0.2) is 18.2 Å².